The predicted octanol–water partition coefficient (Wildman–Crippen LogP) is -0.308. The largest absolute Gasteiger partial charge is 0.392 e. The van der Waals surface area contributed by atoms with E-state index in [0.29, 0.717) is 5.56 Å². The molecule has 0 spiro atoms. The van der Waals surface area contributed by atoms with Crippen LogP contribution in [0.1, 0.15) is 30.7 Å². The maximum Gasteiger partial charge on any atom is 0.325 e. The number of aliphatic hydroxyl groups is 1. The number of rotatable bonds is 1. The number of nitrogens with one attached hydrogen (secondary N) is 2. The zero-order valence-corrected chi connectivity index (χ0v) is 7.62. The molecule has 1 saturated carbocycles. The normalized spacial score (nSPS) is 26.6. The molecular weight excluding hydrogens is 184 g/mol. The second-order valence-electron chi connectivity index (χ2n) is 3.63. The highest BCUT2D eigenvalue weighted by Crippen LogP contribution is 2.32. The van der Waals surface area contributed by atoms with Crippen molar-refractivity contribution < 1.29 is 5.11 Å². The van der Waals surface area contributed by atoms with Crippen molar-refractivity contribution in [2.75, 3.05) is 0 Å². The van der Waals surface area contributed by atoms with Crippen LogP contribution in [0.25, 0.3) is 0 Å². The summed E-state index contributed by atoms with van der Waals surface area (Å²) in [7, 11) is 0. The molecule has 5 nitrogen and oxygen atoms in total. The van der Waals surface area contributed by atoms with Crippen molar-refractivity contribution in [3.05, 3.63) is 32.6 Å². The lowest BCUT2D eigenvalue weighted by Crippen LogP contribution is -2.28. The first-order valence-electron chi connectivity index (χ1n) is 4.68. The molecule has 5 heteroatoms. The Balaban J connectivity index is 2.41. The highest BCUT2D eigenvalue weighted by atomic mass is 16.3. The molecule has 2 rings (SSSR count). The maximum absolute atomic E-state index is 11.4. The number of H-pyrrole nitrogens is 2. The Morgan fingerprint density at radius 2 is 2.14 bits per heavy atom. The Kier molecular flexibility index (Phi) is 2.25. The lowest BCUT2D eigenvalue weighted by molar-refractivity contribution is 0.163. The smallest absolute Gasteiger partial charge is 0.325 e. The van der Waals surface area contributed by atoms with Gasteiger partial charge in [-0.05, 0) is 12.8 Å². The van der Waals surface area contributed by atoms with Gasteiger partial charge >= 0.3 is 5.69 Å². The molecule has 0 aromatic carbocycles. The van der Waals surface area contributed by atoms with Crippen LogP contribution in [0.5, 0.6) is 0 Å². The molecule has 1 aliphatic carbocycles. The van der Waals surface area contributed by atoms with Gasteiger partial charge in [0.05, 0.1) is 6.10 Å². The van der Waals surface area contributed by atoms with Crippen LogP contribution in [0.3, 0.4) is 0 Å². The fraction of sp³-hybridized carbons (Fsp3) is 0.556. The fourth-order valence-corrected chi connectivity index (χ4v) is 2.00. The van der Waals surface area contributed by atoms with Crippen LogP contribution in [0.4, 0.5) is 0 Å². The molecule has 2 atom stereocenters. The molecule has 76 valence electrons. The third-order valence-electron chi connectivity index (χ3n) is 2.73. The van der Waals surface area contributed by atoms with Gasteiger partial charge in [-0.2, -0.15) is 0 Å². The van der Waals surface area contributed by atoms with Crippen molar-refractivity contribution >= 4 is 0 Å². The molecule has 0 radical (unpaired) electrons. The molecule has 1 heterocycles. The van der Waals surface area contributed by atoms with Crippen LogP contribution in [-0.2, 0) is 0 Å². The number of hydrogen-bond donors (Lipinski definition) is 3. The van der Waals surface area contributed by atoms with Gasteiger partial charge < -0.3 is 10.1 Å². The van der Waals surface area contributed by atoms with Crippen LogP contribution >= 0.6 is 0 Å². The monoisotopic (exact) mass is 196 g/mol. The van der Waals surface area contributed by atoms with Gasteiger partial charge in [-0.3, -0.25) is 9.78 Å². The van der Waals surface area contributed by atoms with E-state index in [9.17, 15) is 14.7 Å². The molecule has 3 N–H and O–H groups in total. The zero-order chi connectivity index (χ0) is 10.1. The van der Waals surface area contributed by atoms with Crippen LogP contribution < -0.4 is 11.2 Å². The molecule has 0 saturated heterocycles. The van der Waals surface area contributed by atoms with E-state index < -0.39 is 11.8 Å². The minimum atomic E-state index is -0.508. The lowest BCUT2D eigenvalue weighted by atomic mass is 9.99. The number of aliphatic hydroxyl groups excluding tert-OH is 1. The fourth-order valence-electron chi connectivity index (χ4n) is 2.00. The summed E-state index contributed by atoms with van der Waals surface area (Å²) in [6.07, 6.45) is 3.40. The third kappa shape index (κ3) is 1.50. The first-order valence-corrected chi connectivity index (χ1v) is 4.68. The molecule has 1 fully saturated rings. The maximum atomic E-state index is 11.4. The van der Waals surface area contributed by atoms with Crippen LogP contribution in [-0.4, -0.2) is 21.2 Å². The quantitative estimate of drug-likeness (QED) is 0.576. The van der Waals surface area contributed by atoms with E-state index >= 15 is 0 Å². The van der Waals surface area contributed by atoms with E-state index in [1.807, 2.05) is 0 Å². The van der Waals surface area contributed by atoms with Gasteiger partial charge in [0.15, 0.2) is 0 Å². The van der Waals surface area contributed by atoms with Gasteiger partial charge in [-0.25, -0.2) is 4.79 Å². The van der Waals surface area contributed by atoms with Crippen LogP contribution in [0, 0.1) is 0 Å². The molecule has 1 aromatic rings. The summed E-state index contributed by atoms with van der Waals surface area (Å²) >= 11 is 0. The van der Waals surface area contributed by atoms with Gasteiger partial charge in [0, 0.05) is 17.7 Å². The molecule has 1 aromatic heterocycles. The Morgan fingerprint density at radius 1 is 1.36 bits per heavy atom. The summed E-state index contributed by atoms with van der Waals surface area (Å²) in [6, 6.07) is 0. The Labute approximate surface area is 79.8 Å². The molecule has 2 unspecified atom stereocenters. The van der Waals surface area contributed by atoms with E-state index in [4.69, 9.17) is 0 Å². The average molecular weight is 196 g/mol. The average Bonchev–Trinajstić information content (AvgIpc) is 2.52. The van der Waals surface area contributed by atoms with Gasteiger partial charge in [0.25, 0.3) is 5.56 Å². The number of aromatic amines is 2. The highest BCUT2D eigenvalue weighted by Gasteiger charge is 2.28. The van der Waals surface area contributed by atoms with Crippen molar-refractivity contribution in [1.82, 2.24) is 9.97 Å². The summed E-state index contributed by atoms with van der Waals surface area (Å²) in [5.74, 6) is -0.129. The predicted molar refractivity (Wildman–Crippen MR) is 50.3 cm³/mol. The molecule has 0 bridgehead atoms. The van der Waals surface area contributed by atoms with Gasteiger partial charge in [-0.15, -0.1) is 0 Å². The van der Waals surface area contributed by atoms with Crippen LogP contribution in [0.2, 0.25) is 0 Å². The van der Waals surface area contributed by atoms with E-state index in [1.54, 1.807) is 0 Å². The van der Waals surface area contributed by atoms with Gasteiger partial charge in [0.2, 0.25) is 0 Å². The lowest BCUT2D eigenvalue weighted by Gasteiger charge is -2.12. The summed E-state index contributed by atoms with van der Waals surface area (Å²) in [5.41, 5.74) is -0.416. The molecule has 14 heavy (non-hydrogen) atoms. The summed E-state index contributed by atoms with van der Waals surface area (Å²) in [6.45, 7) is 0. The van der Waals surface area contributed by atoms with E-state index in [-0.39, 0.29) is 11.5 Å². The highest BCUT2D eigenvalue weighted by molar-refractivity contribution is 5.14. The number of hydrogen-bond acceptors (Lipinski definition) is 3. The number of aromatic nitrogens is 2. The van der Waals surface area contributed by atoms with Crippen molar-refractivity contribution in [2.24, 2.45) is 0 Å². The SMILES string of the molecule is O=c1[nH]cc(C2CCCC2O)c(=O)[nH]1. The Bertz CT molecular complexity index is 434. The minimum absolute atomic E-state index is 0.129. The van der Waals surface area contributed by atoms with E-state index in [1.165, 1.54) is 6.20 Å². The standard InChI is InChI=1S/C9H12N2O3/c12-7-3-1-2-5(7)6-4-10-9(14)11-8(6)13/h4-5,7,12H,1-3H2,(H2,10,11,13,14). The second-order valence-corrected chi connectivity index (χ2v) is 3.63. The molecule has 1 aliphatic rings. The first-order chi connectivity index (χ1) is 6.68. The Morgan fingerprint density at radius 3 is 2.71 bits per heavy atom. The molecule has 0 aliphatic heterocycles. The topological polar surface area (TPSA) is 85.9 Å². The van der Waals surface area contributed by atoms with Crippen LogP contribution in [0.15, 0.2) is 15.8 Å². The van der Waals surface area contributed by atoms with Crippen molar-refractivity contribution in [2.45, 2.75) is 31.3 Å². The van der Waals surface area contributed by atoms with E-state index in [2.05, 4.69) is 9.97 Å². The van der Waals surface area contributed by atoms with E-state index in [0.717, 1.165) is 19.3 Å². The molecular formula is C9H12N2O3. The molecule has 0 amide bonds. The summed E-state index contributed by atoms with van der Waals surface area (Å²) < 4.78 is 0. The van der Waals surface area contributed by atoms with Gasteiger partial charge in [0.1, 0.15) is 0 Å². The van der Waals surface area contributed by atoms with Gasteiger partial charge in [-0.1, -0.05) is 6.42 Å². The summed E-state index contributed by atoms with van der Waals surface area (Å²) in [5, 5.41) is 9.59. The van der Waals surface area contributed by atoms with Crippen molar-refractivity contribution in [3.63, 3.8) is 0 Å². The summed E-state index contributed by atoms with van der Waals surface area (Å²) in [4.78, 5) is 26.7. The Hall–Kier alpha value is -1.36. The minimum Gasteiger partial charge on any atom is -0.392 e. The van der Waals surface area contributed by atoms with Crippen molar-refractivity contribution in [3.8, 4) is 0 Å². The second kappa shape index (κ2) is 3.42. The first kappa shape index (κ1) is 9.21. The third-order valence-corrected chi connectivity index (χ3v) is 2.73. The van der Waals surface area contributed by atoms with Crippen molar-refractivity contribution in [1.29, 1.82) is 0 Å². The zero-order valence-electron chi connectivity index (χ0n) is 7.62.